The number of hydrogen-bond acceptors (Lipinski definition) is 8. The van der Waals surface area contributed by atoms with Crippen molar-refractivity contribution in [2.75, 3.05) is 0 Å². The van der Waals surface area contributed by atoms with Crippen molar-refractivity contribution in [2.45, 2.75) is 121 Å². The number of aromatic nitrogens is 7. The van der Waals surface area contributed by atoms with E-state index in [1.54, 1.807) is 36.4 Å². The van der Waals surface area contributed by atoms with Gasteiger partial charge < -0.3 is 16.4 Å². The lowest BCUT2D eigenvalue weighted by Crippen LogP contribution is -2.37. The van der Waals surface area contributed by atoms with E-state index in [9.17, 15) is 45.1 Å². The van der Waals surface area contributed by atoms with Crippen LogP contribution in [0, 0.1) is 47.3 Å². The summed E-state index contributed by atoms with van der Waals surface area (Å²) in [6, 6.07) is 18.0. The van der Waals surface area contributed by atoms with Gasteiger partial charge in [0.25, 0.3) is 18.3 Å². The molecule has 474 valence electrons. The second kappa shape index (κ2) is 22.2. The fourth-order valence-electron chi connectivity index (χ4n) is 14.5. The molecular weight excluding hydrogens is 1220 g/mol. The van der Waals surface area contributed by atoms with E-state index >= 15 is 22.0 Å². The summed E-state index contributed by atoms with van der Waals surface area (Å²) in [6.45, 7) is 5.62. The summed E-state index contributed by atoms with van der Waals surface area (Å²) in [5.41, 5.74) is 1.47. The van der Waals surface area contributed by atoms with Gasteiger partial charge in [0.05, 0.1) is 40.1 Å². The van der Waals surface area contributed by atoms with E-state index in [4.69, 9.17) is 5.73 Å². The predicted octanol–water partition coefficient (Wildman–Crippen LogP) is 14.1. The molecule has 0 spiro atoms. The molecule has 6 atom stereocenters. The number of aryl methyl sites for hydroxylation is 1. The Balaban J connectivity index is 0.882. The molecule has 9 aromatic rings. The van der Waals surface area contributed by atoms with Crippen LogP contribution in [-0.2, 0) is 53.0 Å². The van der Waals surface area contributed by atoms with Crippen molar-refractivity contribution in [1.29, 1.82) is 0 Å². The van der Waals surface area contributed by atoms with Crippen LogP contribution in [0.3, 0.4) is 0 Å². The number of carbonyl (C=O) groups excluding carboxylic acids is 3. The van der Waals surface area contributed by atoms with Crippen molar-refractivity contribution in [3.05, 3.63) is 206 Å². The number of rotatable bonds is 17. The molecule has 25 heteroatoms. The SMILES string of the molecule is Cc1ccc2cc(-c3cccnc3[C@H](Cc3cc(F)c(-c4cnc([C@H](Cc5cc(F)cc(F)c5)NC(=O)Cn5nc(C(F)(F)F)c6c5C5(C)CCC6C5(C)C)c(-c5ccc(F)c(C(N)=O)c5)c4)c(F)c3)NC(=O)Cn3nc(C(F)F)c4c3C(F)(F)C3CC43)ccc2n1. The Bertz CT molecular complexity index is 4520. The van der Waals surface area contributed by atoms with Crippen LogP contribution < -0.4 is 16.4 Å². The van der Waals surface area contributed by atoms with Crippen molar-refractivity contribution >= 4 is 28.6 Å². The van der Waals surface area contributed by atoms with E-state index in [2.05, 4.69) is 35.8 Å². The molecular formula is C67H54F12N10O3. The van der Waals surface area contributed by atoms with Crippen LogP contribution in [-0.4, -0.2) is 52.2 Å². The van der Waals surface area contributed by atoms with Crippen LogP contribution in [0.2, 0.25) is 0 Å². The molecule has 4 aliphatic carbocycles. The number of nitrogens with one attached hydrogen (secondary N) is 2. The number of alkyl halides is 7. The van der Waals surface area contributed by atoms with Gasteiger partial charge in [0.15, 0.2) is 5.69 Å². The van der Waals surface area contributed by atoms with Crippen LogP contribution in [0.4, 0.5) is 52.7 Å². The van der Waals surface area contributed by atoms with E-state index in [-0.39, 0.29) is 62.4 Å². The Kier molecular flexibility index (Phi) is 14.8. The highest BCUT2D eigenvalue weighted by Gasteiger charge is 2.67. The van der Waals surface area contributed by atoms with Crippen LogP contribution in [0.25, 0.3) is 44.3 Å². The van der Waals surface area contributed by atoms with Crippen LogP contribution >= 0.6 is 0 Å². The molecule has 4 N–H and O–H groups in total. The van der Waals surface area contributed by atoms with Crippen molar-refractivity contribution in [2.24, 2.45) is 17.1 Å². The summed E-state index contributed by atoms with van der Waals surface area (Å²) in [7, 11) is 0. The molecule has 5 aromatic heterocycles. The minimum absolute atomic E-state index is 0.00518. The van der Waals surface area contributed by atoms with Gasteiger partial charge in [0.1, 0.15) is 53.6 Å². The first-order chi connectivity index (χ1) is 43.5. The van der Waals surface area contributed by atoms with Crippen LogP contribution in [0.5, 0.6) is 0 Å². The Morgan fingerprint density at radius 2 is 1.33 bits per heavy atom. The molecule has 4 unspecified atom stereocenters. The average molecular weight is 1280 g/mol. The normalized spacial score (nSPS) is 19.6. The van der Waals surface area contributed by atoms with Crippen LogP contribution in [0.15, 0.2) is 109 Å². The highest BCUT2D eigenvalue weighted by atomic mass is 19.4. The maximum Gasteiger partial charge on any atom is 0.435 e. The lowest BCUT2D eigenvalue weighted by Gasteiger charge is -2.35. The van der Waals surface area contributed by atoms with Crippen molar-refractivity contribution < 1.29 is 67.1 Å². The monoisotopic (exact) mass is 1270 g/mol. The van der Waals surface area contributed by atoms with Gasteiger partial charge in [-0.25, -0.2) is 30.7 Å². The average Bonchev–Trinajstić information content (AvgIpc) is 1.52. The Labute approximate surface area is 516 Å². The third-order valence-electron chi connectivity index (χ3n) is 19.1. The Hall–Kier alpha value is -9.42. The van der Waals surface area contributed by atoms with Gasteiger partial charge in [-0.05, 0) is 145 Å². The molecule has 4 aromatic carbocycles. The van der Waals surface area contributed by atoms with E-state index in [1.165, 1.54) is 12.3 Å². The number of nitrogens with two attached hydrogens (primary N) is 1. The maximum absolute atomic E-state index is 17.2. The fourth-order valence-corrected chi connectivity index (χ4v) is 14.5. The fraction of sp³-hybridized carbons (Fsp3) is 0.313. The number of halogens is 12. The summed E-state index contributed by atoms with van der Waals surface area (Å²) in [4.78, 5) is 55.2. The molecule has 3 amide bonds. The number of hydrogen-bond donors (Lipinski definition) is 3. The second-order valence-corrected chi connectivity index (χ2v) is 25.0. The van der Waals surface area contributed by atoms with Crippen LogP contribution in [0.1, 0.15) is 143 Å². The van der Waals surface area contributed by atoms with E-state index < -0.39 is 160 Å². The molecule has 5 heterocycles. The number of fused-ring (bicyclic) bond motifs is 9. The molecule has 0 aliphatic heterocycles. The first-order valence-corrected chi connectivity index (χ1v) is 29.4. The second-order valence-electron chi connectivity index (χ2n) is 25.0. The summed E-state index contributed by atoms with van der Waals surface area (Å²) in [6.07, 6.45) is -5.72. The summed E-state index contributed by atoms with van der Waals surface area (Å²) in [5, 5.41) is 13.9. The van der Waals surface area contributed by atoms with Gasteiger partial charge >= 0.3 is 6.18 Å². The summed E-state index contributed by atoms with van der Waals surface area (Å²) < 4.78 is 186. The Morgan fingerprint density at radius 3 is 1.98 bits per heavy atom. The Morgan fingerprint density at radius 1 is 0.696 bits per heavy atom. The highest BCUT2D eigenvalue weighted by Crippen LogP contribution is 2.70. The molecule has 0 radical (unpaired) electrons. The topological polar surface area (TPSA) is 176 Å². The molecule has 13 rings (SSSR count). The number of nitrogens with zero attached hydrogens (tertiary/aromatic N) is 7. The van der Waals surface area contributed by atoms with Gasteiger partial charge in [-0.1, -0.05) is 45.0 Å². The van der Waals surface area contributed by atoms with E-state index in [0.29, 0.717) is 45.6 Å². The van der Waals surface area contributed by atoms with Crippen molar-refractivity contribution in [3.63, 3.8) is 0 Å². The standard InChI is InChI=1S/C67H54F12N10O3/c1-30-7-8-35-22-33(10-12-48(35)83-30)39-6-5-15-81-56(39)49(84-52(91)29-89-61-54(58(86-89)62(73)74)41-26-44(41)66(61,75)76)21-32-18-46(71)53(47(72)19-32)36-24-40(34-9-11-45(70)42(23-34)63(80)92)57(82-27-36)50(20-31-16-37(68)25-38(69)17-31)85-51(90)28-88-60-55(59(87-88)67(77,78)79)43-13-14-65(60,4)64(43,2)3/h5-12,15-19,22-25,27,41,43-44,49-50,62H,13-14,20-21,26,28-29H2,1-4H3,(H2,80,92)(H,84,91)(H,85,90)/t41?,43?,44?,49-,50-,65?/m0/s1. The van der Waals surface area contributed by atoms with Gasteiger partial charge in [-0.15, -0.1) is 0 Å². The highest BCUT2D eigenvalue weighted by molar-refractivity contribution is 5.95. The lowest BCUT2D eigenvalue weighted by atomic mass is 9.70. The zero-order chi connectivity index (χ0) is 65.4. The molecule has 2 bridgehead atoms. The number of benzene rings is 4. The number of pyridine rings is 3. The van der Waals surface area contributed by atoms with Gasteiger partial charge in [0, 0.05) is 74.4 Å². The zero-order valence-corrected chi connectivity index (χ0v) is 49.3. The van der Waals surface area contributed by atoms with Gasteiger partial charge in [-0.2, -0.15) is 32.1 Å². The smallest absolute Gasteiger partial charge is 0.366 e. The molecule has 92 heavy (non-hydrogen) atoms. The third kappa shape index (κ3) is 10.5. The van der Waals surface area contributed by atoms with Crippen molar-refractivity contribution in [3.8, 4) is 33.4 Å². The quantitative estimate of drug-likeness (QED) is 0.0755. The minimum Gasteiger partial charge on any atom is -0.366 e. The van der Waals surface area contributed by atoms with Crippen molar-refractivity contribution in [1.82, 2.24) is 45.1 Å². The van der Waals surface area contributed by atoms with E-state index in [0.717, 1.165) is 59.0 Å². The molecule has 0 saturated heterocycles. The molecule has 2 fully saturated rings. The third-order valence-corrected chi connectivity index (χ3v) is 19.1. The maximum atomic E-state index is 17.2. The lowest BCUT2D eigenvalue weighted by molar-refractivity contribution is -0.142. The summed E-state index contributed by atoms with van der Waals surface area (Å²) in [5.74, 6) is -14.9. The number of primary amides is 1. The van der Waals surface area contributed by atoms with Gasteiger partial charge in [0.2, 0.25) is 11.8 Å². The zero-order valence-electron chi connectivity index (χ0n) is 49.3. The minimum atomic E-state index is -4.89. The molecule has 4 aliphatic rings. The number of carbonyl (C=O) groups is 3. The molecule has 2 saturated carbocycles. The first kappa shape index (κ1) is 61.4. The summed E-state index contributed by atoms with van der Waals surface area (Å²) >= 11 is 0. The van der Waals surface area contributed by atoms with Gasteiger partial charge in [-0.3, -0.25) is 38.7 Å². The van der Waals surface area contributed by atoms with E-state index in [1.807, 2.05) is 33.8 Å². The molecule has 13 nitrogen and oxygen atoms in total. The first-order valence-electron chi connectivity index (χ1n) is 29.4. The predicted molar refractivity (Wildman–Crippen MR) is 311 cm³/mol. The largest absolute Gasteiger partial charge is 0.435 e. The number of amides is 3.